The minimum absolute atomic E-state index is 0.814. The molecule has 0 aliphatic rings. The van der Waals surface area contributed by atoms with E-state index in [2.05, 4.69) is 9.98 Å². The number of hydrogen-bond acceptors (Lipinski definition) is 3. The lowest BCUT2D eigenvalue weighted by Crippen LogP contribution is -2.35. The van der Waals surface area contributed by atoms with E-state index in [4.69, 9.17) is 0 Å². The molecule has 0 aliphatic carbocycles. The van der Waals surface area contributed by atoms with E-state index in [1.165, 1.54) is 4.88 Å². The van der Waals surface area contributed by atoms with Gasteiger partial charge in [-0.05, 0) is 6.92 Å². The van der Waals surface area contributed by atoms with Crippen molar-refractivity contribution in [2.75, 3.05) is 34.7 Å². The van der Waals surface area contributed by atoms with E-state index < -0.39 is 0 Å². The Labute approximate surface area is 102 Å². The molecule has 0 saturated heterocycles. The van der Waals surface area contributed by atoms with Gasteiger partial charge in [0.2, 0.25) is 0 Å². The molecule has 0 fully saturated rings. The third-order valence-corrected chi connectivity index (χ3v) is 3.23. The Morgan fingerprint density at radius 3 is 2.38 bits per heavy atom. The lowest BCUT2D eigenvalue weighted by atomic mass is 10.3. The van der Waals surface area contributed by atoms with Gasteiger partial charge in [-0.25, -0.2) is 4.98 Å². The summed E-state index contributed by atoms with van der Waals surface area (Å²) in [4.78, 5) is 14.2. The first-order valence-corrected chi connectivity index (χ1v) is 6.18. The van der Waals surface area contributed by atoms with Gasteiger partial charge in [-0.2, -0.15) is 0 Å². The second-order valence-electron chi connectivity index (χ2n) is 4.08. The molecule has 16 heavy (non-hydrogen) atoms. The van der Waals surface area contributed by atoms with Gasteiger partial charge in [-0.1, -0.05) is 0 Å². The summed E-state index contributed by atoms with van der Waals surface area (Å²) in [5.41, 5.74) is 3.03. The van der Waals surface area contributed by atoms with Crippen LogP contribution in [0.2, 0.25) is 0 Å². The van der Waals surface area contributed by atoms with Crippen LogP contribution in [0.3, 0.4) is 0 Å². The number of aliphatic imine (C=N–C) groups is 1. The van der Waals surface area contributed by atoms with Crippen LogP contribution in [-0.2, 0) is 6.42 Å². The van der Waals surface area contributed by atoms with E-state index in [9.17, 15) is 0 Å². The van der Waals surface area contributed by atoms with Crippen molar-refractivity contribution in [3.8, 4) is 0 Å². The third-order valence-electron chi connectivity index (χ3n) is 2.24. The molecule has 4 nitrogen and oxygen atoms in total. The van der Waals surface area contributed by atoms with Crippen LogP contribution in [-0.4, -0.2) is 55.5 Å². The van der Waals surface area contributed by atoms with Gasteiger partial charge in [0.1, 0.15) is 0 Å². The molecule has 0 amide bonds. The quantitative estimate of drug-likeness (QED) is 0.592. The summed E-state index contributed by atoms with van der Waals surface area (Å²) in [5.74, 6) is 1.00. The molecule has 0 unspecified atom stereocenters. The summed E-state index contributed by atoms with van der Waals surface area (Å²) >= 11 is 1.71. The van der Waals surface area contributed by atoms with Gasteiger partial charge in [0, 0.05) is 46.0 Å². The first kappa shape index (κ1) is 13.0. The first-order valence-electron chi connectivity index (χ1n) is 5.30. The van der Waals surface area contributed by atoms with Gasteiger partial charge in [-0.15, -0.1) is 11.3 Å². The molecular formula is C11H20N4S. The molecular weight excluding hydrogens is 220 g/mol. The fraction of sp³-hybridized carbons (Fsp3) is 0.636. The third kappa shape index (κ3) is 3.48. The summed E-state index contributed by atoms with van der Waals surface area (Å²) in [6, 6.07) is 0. The van der Waals surface area contributed by atoms with Crippen molar-refractivity contribution in [3.63, 3.8) is 0 Å². The molecule has 0 saturated carbocycles. The van der Waals surface area contributed by atoms with E-state index in [0.717, 1.165) is 24.6 Å². The number of hydrogen-bond donors (Lipinski definition) is 0. The van der Waals surface area contributed by atoms with Crippen molar-refractivity contribution in [2.24, 2.45) is 4.99 Å². The van der Waals surface area contributed by atoms with Crippen molar-refractivity contribution in [1.29, 1.82) is 0 Å². The predicted octanol–water partition coefficient (Wildman–Crippen LogP) is 1.47. The number of guanidine groups is 1. The largest absolute Gasteiger partial charge is 0.349 e. The van der Waals surface area contributed by atoms with Gasteiger partial charge in [0.25, 0.3) is 0 Å². The Bertz CT molecular complexity index is 345. The highest BCUT2D eigenvalue weighted by molar-refractivity contribution is 7.09. The molecule has 1 aromatic heterocycles. The van der Waals surface area contributed by atoms with E-state index in [0.29, 0.717) is 0 Å². The zero-order valence-electron chi connectivity index (χ0n) is 10.7. The second-order valence-corrected chi connectivity index (χ2v) is 5.02. The van der Waals surface area contributed by atoms with Crippen molar-refractivity contribution >= 4 is 17.3 Å². The topological polar surface area (TPSA) is 31.7 Å². The summed E-state index contributed by atoms with van der Waals surface area (Å²) in [6.07, 6.45) is 0.974. The van der Waals surface area contributed by atoms with Crippen molar-refractivity contribution in [3.05, 3.63) is 16.1 Å². The molecule has 0 bridgehead atoms. The number of nitrogens with zero attached hydrogens (tertiary/aromatic N) is 4. The van der Waals surface area contributed by atoms with Gasteiger partial charge in [0.15, 0.2) is 5.96 Å². The smallest absolute Gasteiger partial charge is 0.195 e. The van der Waals surface area contributed by atoms with E-state index in [1.807, 2.05) is 50.4 Å². The summed E-state index contributed by atoms with van der Waals surface area (Å²) < 4.78 is 0. The number of thiazole rings is 1. The second kappa shape index (κ2) is 5.84. The molecule has 1 rings (SSSR count). The lowest BCUT2D eigenvalue weighted by molar-refractivity contribution is 0.479. The van der Waals surface area contributed by atoms with E-state index in [-0.39, 0.29) is 0 Å². The molecule has 0 atom stereocenters. The fourth-order valence-electron chi connectivity index (χ4n) is 1.51. The molecule has 0 spiro atoms. The SMILES string of the molecule is Cc1ncsc1CCN=C(N(C)C)N(C)C. The van der Waals surface area contributed by atoms with E-state index >= 15 is 0 Å². The Balaban J connectivity index is 2.55. The number of aromatic nitrogens is 1. The molecule has 1 aromatic rings. The minimum atomic E-state index is 0.814. The number of rotatable bonds is 3. The van der Waals surface area contributed by atoms with Crippen molar-refractivity contribution in [1.82, 2.24) is 14.8 Å². The van der Waals surface area contributed by atoms with Gasteiger partial charge >= 0.3 is 0 Å². The fourth-order valence-corrected chi connectivity index (χ4v) is 2.28. The average molecular weight is 240 g/mol. The van der Waals surface area contributed by atoms with Gasteiger partial charge in [-0.3, -0.25) is 4.99 Å². The molecule has 90 valence electrons. The lowest BCUT2D eigenvalue weighted by Gasteiger charge is -2.22. The maximum Gasteiger partial charge on any atom is 0.195 e. The maximum atomic E-state index is 4.59. The summed E-state index contributed by atoms with van der Waals surface area (Å²) in [7, 11) is 8.04. The maximum absolute atomic E-state index is 4.59. The average Bonchev–Trinajstić information content (AvgIpc) is 2.57. The summed E-state index contributed by atoms with van der Waals surface area (Å²) in [6.45, 7) is 2.86. The number of aryl methyl sites for hydroxylation is 1. The van der Waals surface area contributed by atoms with Gasteiger partial charge in [0.05, 0.1) is 11.2 Å². The minimum Gasteiger partial charge on any atom is -0.349 e. The Morgan fingerprint density at radius 1 is 1.31 bits per heavy atom. The van der Waals surface area contributed by atoms with Crippen LogP contribution in [0.5, 0.6) is 0 Å². The molecule has 1 heterocycles. The van der Waals surface area contributed by atoms with Crippen LogP contribution in [0.1, 0.15) is 10.6 Å². The van der Waals surface area contributed by atoms with Crippen molar-refractivity contribution in [2.45, 2.75) is 13.3 Å². The monoisotopic (exact) mass is 240 g/mol. The van der Waals surface area contributed by atoms with Crippen LogP contribution >= 0.6 is 11.3 Å². The van der Waals surface area contributed by atoms with E-state index in [1.54, 1.807) is 11.3 Å². The molecule has 0 aromatic carbocycles. The van der Waals surface area contributed by atoms with Crippen LogP contribution in [0.25, 0.3) is 0 Å². The van der Waals surface area contributed by atoms with Crippen LogP contribution in [0, 0.1) is 6.92 Å². The molecule has 0 aliphatic heterocycles. The highest BCUT2D eigenvalue weighted by Gasteiger charge is 2.04. The van der Waals surface area contributed by atoms with Crippen molar-refractivity contribution < 1.29 is 0 Å². The molecule has 0 radical (unpaired) electrons. The normalized spacial score (nSPS) is 10.1. The molecule has 5 heteroatoms. The van der Waals surface area contributed by atoms with Gasteiger partial charge < -0.3 is 9.80 Å². The Hall–Kier alpha value is -1.10. The standard InChI is InChI=1S/C11H20N4S/c1-9-10(16-8-13-9)6-7-12-11(14(2)3)15(4)5/h8H,6-7H2,1-5H3. The Kier molecular flexibility index (Phi) is 4.73. The highest BCUT2D eigenvalue weighted by atomic mass is 32.1. The van der Waals surface area contributed by atoms with Crippen LogP contribution < -0.4 is 0 Å². The predicted molar refractivity (Wildman–Crippen MR) is 70.2 cm³/mol. The zero-order valence-corrected chi connectivity index (χ0v) is 11.5. The first-order chi connectivity index (χ1) is 7.52. The summed E-state index contributed by atoms with van der Waals surface area (Å²) in [5, 5.41) is 0. The zero-order chi connectivity index (χ0) is 12.1. The Morgan fingerprint density at radius 2 is 1.94 bits per heavy atom. The van der Waals surface area contributed by atoms with Crippen LogP contribution in [0.4, 0.5) is 0 Å². The highest BCUT2D eigenvalue weighted by Crippen LogP contribution is 2.12. The van der Waals surface area contributed by atoms with Crippen LogP contribution in [0.15, 0.2) is 10.5 Å². The molecule has 0 N–H and O–H groups in total.